The lowest BCUT2D eigenvalue weighted by molar-refractivity contribution is -0.435. The van der Waals surface area contributed by atoms with Crippen molar-refractivity contribution in [3.63, 3.8) is 0 Å². The van der Waals surface area contributed by atoms with Gasteiger partial charge in [0.05, 0.1) is 6.61 Å². The summed E-state index contributed by atoms with van der Waals surface area (Å²) in [4.78, 5) is 11.2. The standard InChI is InChI=1S/C12H18O8/c1-11(16-3)12(2,17-4)20-6(5-18-11)9-7(13)8(14)10(15)19-9/h6,9,13-14H,5H2,1-4H3/t6-,9+,11?,12-/m0/s1. The van der Waals surface area contributed by atoms with E-state index in [4.69, 9.17) is 23.7 Å². The highest BCUT2D eigenvalue weighted by Crippen LogP contribution is 2.39. The highest BCUT2D eigenvalue weighted by molar-refractivity contribution is 5.89. The van der Waals surface area contributed by atoms with Crippen LogP contribution < -0.4 is 0 Å². The molecule has 2 heterocycles. The number of hydrogen-bond acceptors (Lipinski definition) is 8. The van der Waals surface area contributed by atoms with E-state index in [1.165, 1.54) is 14.2 Å². The maximum absolute atomic E-state index is 11.2. The van der Waals surface area contributed by atoms with E-state index in [-0.39, 0.29) is 6.61 Å². The van der Waals surface area contributed by atoms with Gasteiger partial charge in [-0.25, -0.2) is 4.79 Å². The first-order valence-electron chi connectivity index (χ1n) is 6.03. The fourth-order valence-electron chi connectivity index (χ4n) is 2.15. The van der Waals surface area contributed by atoms with Crippen LogP contribution in [-0.4, -0.2) is 60.8 Å². The number of aliphatic hydroxyl groups is 2. The third-order valence-electron chi connectivity index (χ3n) is 3.78. The van der Waals surface area contributed by atoms with E-state index < -0.39 is 41.3 Å². The lowest BCUT2D eigenvalue weighted by Gasteiger charge is -2.49. The Balaban J connectivity index is 2.21. The number of carbonyl (C=O) groups excluding carboxylic acids is 1. The third-order valence-corrected chi connectivity index (χ3v) is 3.78. The molecule has 8 nitrogen and oxygen atoms in total. The molecule has 0 radical (unpaired) electrons. The van der Waals surface area contributed by atoms with Gasteiger partial charge in [0.25, 0.3) is 0 Å². The van der Waals surface area contributed by atoms with E-state index in [1.807, 2.05) is 0 Å². The highest BCUT2D eigenvalue weighted by Gasteiger charge is 2.56. The van der Waals surface area contributed by atoms with Gasteiger partial charge in [0.15, 0.2) is 11.9 Å². The summed E-state index contributed by atoms with van der Waals surface area (Å²) in [6.45, 7) is 3.22. The Morgan fingerprint density at radius 1 is 1.20 bits per heavy atom. The van der Waals surface area contributed by atoms with Crippen LogP contribution >= 0.6 is 0 Å². The van der Waals surface area contributed by atoms with Crippen LogP contribution in [0.1, 0.15) is 13.8 Å². The fraction of sp³-hybridized carbons (Fsp3) is 0.750. The molecule has 1 fully saturated rings. The van der Waals surface area contributed by atoms with Gasteiger partial charge in [-0.1, -0.05) is 0 Å². The van der Waals surface area contributed by atoms with E-state index in [1.54, 1.807) is 13.8 Å². The Morgan fingerprint density at radius 2 is 1.80 bits per heavy atom. The van der Waals surface area contributed by atoms with Gasteiger partial charge >= 0.3 is 5.97 Å². The molecule has 2 N–H and O–H groups in total. The Bertz CT molecular complexity index is 447. The molecule has 0 aliphatic carbocycles. The normalized spacial score (nSPS) is 41.9. The monoisotopic (exact) mass is 290 g/mol. The molecule has 114 valence electrons. The molecule has 2 aliphatic heterocycles. The summed E-state index contributed by atoms with van der Waals surface area (Å²) < 4.78 is 26.7. The number of rotatable bonds is 3. The topological polar surface area (TPSA) is 104 Å². The van der Waals surface area contributed by atoms with Crippen molar-refractivity contribution >= 4 is 5.97 Å². The first-order chi connectivity index (χ1) is 9.28. The maximum Gasteiger partial charge on any atom is 0.377 e. The van der Waals surface area contributed by atoms with Crippen LogP contribution in [0.5, 0.6) is 0 Å². The second-order valence-corrected chi connectivity index (χ2v) is 4.83. The summed E-state index contributed by atoms with van der Waals surface area (Å²) in [6.07, 6.45) is -1.98. The van der Waals surface area contributed by atoms with Crippen molar-refractivity contribution in [2.45, 2.75) is 37.6 Å². The second kappa shape index (κ2) is 4.88. The minimum Gasteiger partial charge on any atom is -0.505 e. The zero-order chi connectivity index (χ0) is 15.1. The van der Waals surface area contributed by atoms with Crippen LogP contribution in [0.2, 0.25) is 0 Å². The lowest BCUT2D eigenvalue weighted by atomic mass is 10.0. The van der Waals surface area contributed by atoms with Crippen LogP contribution in [0.25, 0.3) is 0 Å². The second-order valence-electron chi connectivity index (χ2n) is 4.83. The van der Waals surface area contributed by atoms with Gasteiger partial charge < -0.3 is 33.9 Å². The molecular weight excluding hydrogens is 272 g/mol. The Morgan fingerprint density at radius 3 is 2.25 bits per heavy atom. The van der Waals surface area contributed by atoms with Crippen molar-refractivity contribution in [3.8, 4) is 0 Å². The molecule has 0 aromatic heterocycles. The Kier molecular flexibility index (Phi) is 3.67. The molecule has 0 bridgehead atoms. The summed E-state index contributed by atoms with van der Waals surface area (Å²) in [5, 5.41) is 19.0. The van der Waals surface area contributed by atoms with Crippen molar-refractivity contribution < 1.29 is 38.7 Å². The number of hydrogen-bond donors (Lipinski definition) is 2. The minimum atomic E-state index is -1.28. The molecule has 0 aromatic carbocycles. The van der Waals surface area contributed by atoms with Crippen LogP contribution in [-0.2, 0) is 28.5 Å². The molecule has 4 atom stereocenters. The summed E-state index contributed by atoms with van der Waals surface area (Å²) >= 11 is 0. The first kappa shape index (κ1) is 15.0. The predicted molar refractivity (Wildman–Crippen MR) is 63.8 cm³/mol. The SMILES string of the molecule is COC1(C)OC[C@@H]([C@H]2OC(=O)C(O)=C2O)O[C@]1(C)OC. The summed E-state index contributed by atoms with van der Waals surface area (Å²) in [5.74, 6) is -4.85. The molecule has 8 heteroatoms. The number of aliphatic hydroxyl groups excluding tert-OH is 2. The summed E-state index contributed by atoms with van der Waals surface area (Å²) in [6, 6.07) is 0. The van der Waals surface area contributed by atoms with Crippen LogP contribution in [0.4, 0.5) is 0 Å². The lowest BCUT2D eigenvalue weighted by Crippen LogP contribution is -2.64. The molecule has 0 saturated carbocycles. The molecule has 20 heavy (non-hydrogen) atoms. The quantitative estimate of drug-likeness (QED) is 0.719. The number of esters is 1. The van der Waals surface area contributed by atoms with Crippen molar-refractivity contribution in [1.29, 1.82) is 0 Å². The summed E-state index contributed by atoms with van der Waals surface area (Å²) in [7, 11) is 2.86. The molecule has 2 aliphatic rings. The summed E-state index contributed by atoms with van der Waals surface area (Å²) in [5.41, 5.74) is 0. The predicted octanol–water partition coefficient (Wildman–Crippen LogP) is 0.380. The van der Waals surface area contributed by atoms with E-state index in [0.717, 1.165) is 0 Å². The van der Waals surface area contributed by atoms with Gasteiger partial charge in [-0.15, -0.1) is 0 Å². The number of ether oxygens (including phenoxy) is 5. The Labute approximate surface area is 115 Å². The minimum absolute atomic E-state index is 0.0153. The van der Waals surface area contributed by atoms with Crippen LogP contribution in [0, 0.1) is 0 Å². The van der Waals surface area contributed by atoms with Gasteiger partial charge in [-0.05, 0) is 13.8 Å². The molecule has 2 rings (SSSR count). The zero-order valence-corrected chi connectivity index (χ0v) is 11.7. The van der Waals surface area contributed by atoms with Gasteiger partial charge in [0, 0.05) is 14.2 Å². The Hall–Kier alpha value is -1.35. The van der Waals surface area contributed by atoms with Crippen molar-refractivity contribution in [1.82, 2.24) is 0 Å². The smallest absolute Gasteiger partial charge is 0.377 e. The van der Waals surface area contributed by atoms with Crippen LogP contribution in [0.3, 0.4) is 0 Å². The number of cyclic esters (lactones) is 1. The zero-order valence-electron chi connectivity index (χ0n) is 11.7. The van der Waals surface area contributed by atoms with Gasteiger partial charge in [-0.3, -0.25) is 0 Å². The number of methoxy groups -OCH3 is 2. The van der Waals surface area contributed by atoms with E-state index in [9.17, 15) is 15.0 Å². The molecule has 0 spiro atoms. The van der Waals surface area contributed by atoms with E-state index in [2.05, 4.69) is 0 Å². The van der Waals surface area contributed by atoms with E-state index >= 15 is 0 Å². The fourth-order valence-corrected chi connectivity index (χ4v) is 2.15. The third kappa shape index (κ3) is 2.05. The first-order valence-corrected chi connectivity index (χ1v) is 6.03. The number of carbonyl (C=O) groups is 1. The van der Waals surface area contributed by atoms with E-state index in [0.29, 0.717) is 0 Å². The molecule has 1 saturated heterocycles. The van der Waals surface area contributed by atoms with Gasteiger partial charge in [0.2, 0.25) is 17.3 Å². The van der Waals surface area contributed by atoms with Crippen molar-refractivity contribution in [3.05, 3.63) is 11.5 Å². The van der Waals surface area contributed by atoms with Crippen molar-refractivity contribution in [2.75, 3.05) is 20.8 Å². The molecular formula is C12H18O8. The molecule has 0 aromatic rings. The largest absolute Gasteiger partial charge is 0.505 e. The molecule has 1 unspecified atom stereocenters. The van der Waals surface area contributed by atoms with Gasteiger partial charge in [0.1, 0.15) is 6.10 Å². The highest BCUT2D eigenvalue weighted by atomic mass is 16.8. The van der Waals surface area contributed by atoms with Gasteiger partial charge in [-0.2, -0.15) is 0 Å². The van der Waals surface area contributed by atoms with Crippen molar-refractivity contribution in [2.24, 2.45) is 0 Å². The maximum atomic E-state index is 11.2. The van der Waals surface area contributed by atoms with Crippen LogP contribution in [0.15, 0.2) is 11.5 Å². The average Bonchev–Trinajstić information content (AvgIpc) is 2.69. The molecule has 0 amide bonds. The average molecular weight is 290 g/mol.